The quantitative estimate of drug-likeness (QED) is 0.310. The molecule has 0 aliphatic rings. The Morgan fingerprint density at radius 3 is 1.13 bits per heavy atom. The maximum atomic E-state index is 10.3. The van der Waals surface area contributed by atoms with E-state index in [-0.39, 0.29) is 4.57 Å². The summed E-state index contributed by atoms with van der Waals surface area (Å²) in [6.45, 7) is 24.6. The van der Waals surface area contributed by atoms with Crippen LogP contribution in [0.2, 0.25) is 0 Å². The van der Waals surface area contributed by atoms with Gasteiger partial charge in [0.1, 0.15) is 0 Å². The van der Waals surface area contributed by atoms with E-state index in [1.165, 1.54) is 12.8 Å². The molecule has 0 aromatic carbocycles. The summed E-state index contributed by atoms with van der Waals surface area (Å²) >= 11 is 2.46. The summed E-state index contributed by atoms with van der Waals surface area (Å²) in [7, 11) is 8.50. The standard InChI is InChI=1S/C6H11O.C4H12N.5CO.Cr/c1-2-3-4-5-6-7;1-5(2,3)4;5*1-2;/h2-5H2,1H3;1-4H3;;;;;;/q-1;+1;;;;;;. The Bertz CT molecular complexity index is 259. The Balaban J connectivity index is -0.0000000297. The molecule has 0 rings (SSSR count). The van der Waals surface area contributed by atoms with Crippen LogP contribution in [0.4, 0.5) is 0 Å². The van der Waals surface area contributed by atoms with Crippen LogP contribution in [-0.4, -0.2) is 37.2 Å². The minimum atomic E-state index is 0.193. The van der Waals surface area contributed by atoms with Crippen LogP contribution < -0.4 is 5.11 Å². The molecule has 0 N–H and O–H groups in total. The van der Waals surface area contributed by atoms with Gasteiger partial charge in [0.2, 0.25) is 0 Å². The number of rotatable bonds is 4. The molecule has 23 heavy (non-hydrogen) atoms. The first kappa shape index (κ1) is 43.1. The molecule has 0 radical (unpaired) electrons. The normalized spacial score (nSPS) is 6.26. The molecule has 0 spiro atoms. The van der Waals surface area contributed by atoms with Crippen LogP contribution in [0.5, 0.6) is 0 Å². The molecule has 0 aliphatic heterocycles. The molecule has 7 nitrogen and oxygen atoms in total. The Labute approximate surface area is 147 Å². The molecule has 0 heterocycles. The second-order valence-corrected chi connectivity index (χ2v) is 5.22. The predicted molar refractivity (Wildman–Crippen MR) is 72.8 cm³/mol. The van der Waals surface area contributed by atoms with E-state index >= 15 is 0 Å². The first-order chi connectivity index (χ1) is 10.8. The number of quaternary nitrogens is 1. The fraction of sp³-hybridized carbons (Fsp3) is 0.600. The van der Waals surface area contributed by atoms with Gasteiger partial charge in [0, 0.05) is 0 Å². The third-order valence-electron chi connectivity index (χ3n) is 0.984. The summed E-state index contributed by atoms with van der Waals surface area (Å²) in [6.07, 6.45) is 4.12. The van der Waals surface area contributed by atoms with E-state index in [1.807, 2.05) is 0 Å². The zero-order valence-electron chi connectivity index (χ0n) is 14.1. The second-order valence-electron chi connectivity index (χ2n) is 4.51. The molecule has 8 heteroatoms. The van der Waals surface area contributed by atoms with Crippen molar-refractivity contribution in [2.45, 2.75) is 32.6 Å². The van der Waals surface area contributed by atoms with Crippen LogP contribution in [0.3, 0.4) is 0 Å². The number of hydrogen-bond acceptors (Lipinski definition) is 1. The van der Waals surface area contributed by atoms with Crippen LogP contribution >= 0.6 is 0 Å². The first-order valence-electron chi connectivity index (χ1n) is 5.78. The molecule has 0 bridgehead atoms. The van der Waals surface area contributed by atoms with Crippen molar-refractivity contribution >= 4 is 4.57 Å². The Morgan fingerprint density at radius 2 is 1.00 bits per heavy atom. The molecule has 0 saturated heterocycles. The molecular weight excluding hydrogens is 342 g/mol. The molecule has 0 aromatic rings. The van der Waals surface area contributed by atoms with Crippen LogP contribution in [0.25, 0.3) is 0 Å². The molecule has 0 saturated carbocycles. The summed E-state index contributed by atoms with van der Waals surface area (Å²) in [6, 6.07) is 0. The Kier molecular flexibility index (Phi) is 109. The molecule has 0 atom stereocenters. The van der Waals surface area contributed by atoms with Gasteiger partial charge in [-0.1, -0.05) is 0 Å². The van der Waals surface area contributed by atoms with Crippen LogP contribution in [0, 0.1) is 33.3 Å². The molecule has 0 amide bonds. The summed E-state index contributed by atoms with van der Waals surface area (Å²) < 4.78 is 38.7. The maximum absolute atomic E-state index is 10.3. The van der Waals surface area contributed by atoms with E-state index in [0.717, 1.165) is 10.9 Å². The van der Waals surface area contributed by atoms with Crippen molar-refractivity contribution in [1.29, 1.82) is 0 Å². The predicted octanol–water partition coefficient (Wildman–Crippen LogP) is 0.739. The van der Waals surface area contributed by atoms with E-state index in [9.17, 15) is 5.11 Å². The molecule has 0 aliphatic carbocycles. The van der Waals surface area contributed by atoms with Crippen LogP contribution in [-0.2, 0) is 39.1 Å². The van der Waals surface area contributed by atoms with Gasteiger partial charge in [-0.2, -0.15) is 0 Å². The van der Waals surface area contributed by atoms with Crippen molar-refractivity contribution in [3.63, 3.8) is 0 Å². The van der Waals surface area contributed by atoms with Crippen molar-refractivity contribution in [1.82, 2.24) is 0 Å². The van der Waals surface area contributed by atoms with Crippen molar-refractivity contribution in [2.24, 2.45) is 0 Å². The van der Waals surface area contributed by atoms with Gasteiger partial charge in [-0.05, 0) is 0 Å². The van der Waals surface area contributed by atoms with Gasteiger partial charge in [-0.15, -0.1) is 0 Å². The van der Waals surface area contributed by atoms with Gasteiger partial charge in [0.05, 0.1) is 28.2 Å². The third kappa shape index (κ3) is 470. The van der Waals surface area contributed by atoms with E-state index in [2.05, 4.69) is 84.2 Å². The zero-order chi connectivity index (χ0) is 20.9. The third-order valence-corrected chi connectivity index (χ3v) is 1.30. The summed E-state index contributed by atoms with van der Waals surface area (Å²) in [4.78, 5) is 0. The van der Waals surface area contributed by atoms with Gasteiger partial charge in [-0.25, -0.2) is 0 Å². The van der Waals surface area contributed by atoms with Gasteiger partial charge >= 0.3 is 115 Å². The molecule has 0 fully saturated rings. The van der Waals surface area contributed by atoms with Crippen molar-refractivity contribution < 1.29 is 48.7 Å². The zero-order valence-corrected chi connectivity index (χ0v) is 15.4. The van der Waals surface area contributed by atoms with Gasteiger partial charge in [0.25, 0.3) is 0 Å². The first-order valence-corrected chi connectivity index (χ1v) is 6.42. The van der Waals surface area contributed by atoms with Gasteiger partial charge < -0.3 is 4.48 Å². The number of nitrogens with zero attached hydrogens (tertiary/aromatic N) is 1. The average molecular weight is 365 g/mol. The Morgan fingerprint density at radius 1 is 0.783 bits per heavy atom. The summed E-state index contributed by atoms with van der Waals surface area (Å²) in [5, 5.41) is 10.3. The van der Waals surface area contributed by atoms with Gasteiger partial charge in [0.15, 0.2) is 0 Å². The fourth-order valence-electron chi connectivity index (χ4n) is 0.519. The van der Waals surface area contributed by atoms with Crippen molar-refractivity contribution in [3.05, 3.63) is 33.3 Å². The number of unbranched alkanes of at least 4 members (excludes halogenated alkanes) is 2. The SMILES string of the molecule is CCCCC[C]([O-])=[Cr].C[N+](C)(C)C.[C-]#[O+].[C-]#[O+].[C-]#[O+].[C-]#[O+].[C-]#[O+]. The van der Waals surface area contributed by atoms with Crippen LogP contribution in [0.1, 0.15) is 32.6 Å². The van der Waals surface area contributed by atoms with Gasteiger partial charge in [-0.3, -0.25) is 0 Å². The topological polar surface area (TPSA) is 123 Å². The molecule has 130 valence electrons. The average Bonchev–Trinajstić information content (AvgIpc) is 2.55. The second kappa shape index (κ2) is 58.3. The van der Waals surface area contributed by atoms with Crippen molar-refractivity contribution in [2.75, 3.05) is 28.2 Å². The molecule has 0 unspecified atom stereocenters. The molecule has 0 aromatic heterocycles. The van der Waals surface area contributed by atoms with E-state index in [1.54, 1.807) is 0 Å². The van der Waals surface area contributed by atoms with Crippen LogP contribution in [0.15, 0.2) is 0 Å². The monoisotopic (exact) mass is 365 g/mol. The van der Waals surface area contributed by atoms with E-state index in [0.29, 0.717) is 6.42 Å². The van der Waals surface area contributed by atoms with E-state index < -0.39 is 0 Å². The summed E-state index contributed by atoms with van der Waals surface area (Å²) in [5.41, 5.74) is 0. The summed E-state index contributed by atoms with van der Waals surface area (Å²) in [5.74, 6) is 0. The molecular formula is C15H23CrNO6. The Hall–Kier alpha value is -0.978. The van der Waals surface area contributed by atoms with E-state index in [4.69, 9.17) is 23.3 Å². The van der Waals surface area contributed by atoms with Crippen molar-refractivity contribution in [3.8, 4) is 0 Å². The minimum absolute atomic E-state index is 0.193. The number of hydrogen-bond donors (Lipinski definition) is 0. The fourth-order valence-corrected chi connectivity index (χ4v) is 0.745.